The molecule has 0 aliphatic heterocycles. The second kappa shape index (κ2) is 6.37. The predicted molar refractivity (Wildman–Crippen MR) is 99.8 cm³/mol. The molecule has 0 fully saturated rings. The Hall–Kier alpha value is 0.1000. The Morgan fingerprint density at radius 1 is 0.333 bits per heavy atom. The monoisotopic (exact) mass is 480 g/mol. The molecule has 24 heavy (non-hydrogen) atoms. The molecule has 1 aliphatic carbocycles. The van der Waals surface area contributed by atoms with Gasteiger partial charge in [0.05, 0.1) is 62.4 Å². The number of hydrogen-bond donors (Lipinski definition) is 0. The number of carbonyl (C=O) groups excluding carboxylic acids is 2. The van der Waals surface area contributed by atoms with Crippen molar-refractivity contribution in [1.82, 2.24) is 0 Å². The fraction of sp³-hybridized carbons (Fsp3) is 0. The van der Waals surface area contributed by atoms with Crippen molar-refractivity contribution in [2.75, 3.05) is 0 Å². The zero-order valence-electron chi connectivity index (χ0n) is 10.8. The van der Waals surface area contributed by atoms with E-state index in [0.29, 0.717) is 0 Å². The first kappa shape index (κ1) is 18.9. The van der Waals surface area contributed by atoms with Gasteiger partial charge in [0.2, 0.25) is 0 Å². The van der Waals surface area contributed by atoms with Crippen LogP contribution < -0.4 is 0 Å². The van der Waals surface area contributed by atoms with Gasteiger partial charge in [0.15, 0.2) is 11.6 Å². The summed E-state index contributed by atoms with van der Waals surface area (Å²) in [6.45, 7) is 0. The van der Waals surface area contributed by atoms with E-state index in [-0.39, 0.29) is 62.4 Å². The second-order valence-corrected chi connectivity index (χ2v) is 7.69. The smallest absolute Gasteiger partial charge is 0.197 e. The Morgan fingerprint density at radius 3 is 0.667 bits per heavy atom. The minimum absolute atomic E-state index is 0.158. The van der Waals surface area contributed by atoms with Gasteiger partial charge in [-0.1, -0.05) is 92.8 Å². The van der Waals surface area contributed by atoms with Crippen molar-refractivity contribution in [2.24, 2.45) is 0 Å². The van der Waals surface area contributed by atoms with Crippen LogP contribution in [0.15, 0.2) is 0 Å². The van der Waals surface area contributed by atoms with Crippen LogP contribution in [0.5, 0.6) is 0 Å². The minimum atomic E-state index is -0.712. The molecule has 0 heterocycles. The molecule has 0 saturated carbocycles. The van der Waals surface area contributed by atoms with Crippen molar-refractivity contribution in [3.05, 3.63) is 62.4 Å². The zero-order valence-corrected chi connectivity index (χ0v) is 16.9. The highest BCUT2D eigenvalue weighted by Gasteiger charge is 2.40. The van der Waals surface area contributed by atoms with Gasteiger partial charge in [0.1, 0.15) is 0 Å². The molecule has 0 N–H and O–H groups in total. The van der Waals surface area contributed by atoms with Gasteiger partial charge in [-0.2, -0.15) is 0 Å². The largest absolute Gasteiger partial charge is 0.288 e. The average molecular weight is 484 g/mol. The van der Waals surface area contributed by atoms with Gasteiger partial charge in [0, 0.05) is 0 Å². The number of ketones is 2. The predicted octanol–water partition coefficient (Wildman–Crippen LogP) is 7.69. The second-order valence-electron chi connectivity index (χ2n) is 4.67. The molecule has 2 nitrogen and oxygen atoms in total. The third-order valence-corrected chi connectivity index (χ3v) is 7.05. The van der Waals surface area contributed by atoms with Crippen molar-refractivity contribution < 1.29 is 9.59 Å². The summed E-state index contributed by atoms with van der Waals surface area (Å²) in [5.41, 5.74) is -0.871. The molecule has 0 amide bonds. The number of carbonyl (C=O) groups is 2. The van der Waals surface area contributed by atoms with Crippen LogP contribution in [-0.2, 0) is 0 Å². The SMILES string of the molecule is O=C1c2c(Cl)c(Cl)c(Cl)c(Cl)c2C(=O)c2c(Cl)c(Cl)c(Cl)c(Cl)c21. The lowest BCUT2D eigenvalue weighted by Gasteiger charge is -2.23. The lowest BCUT2D eigenvalue weighted by molar-refractivity contribution is 0.0979. The normalized spacial score (nSPS) is 13.2. The van der Waals surface area contributed by atoms with Gasteiger partial charge >= 0.3 is 0 Å². The highest BCUT2D eigenvalue weighted by atomic mass is 35.5. The molecule has 124 valence electrons. The molecule has 0 aromatic heterocycles. The van der Waals surface area contributed by atoms with Crippen molar-refractivity contribution in [2.45, 2.75) is 0 Å². The molecular weight excluding hydrogens is 484 g/mol. The Labute approximate surface area is 175 Å². The van der Waals surface area contributed by atoms with Gasteiger partial charge in [-0.25, -0.2) is 0 Å². The van der Waals surface area contributed by atoms with Crippen LogP contribution in [0.1, 0.15) is 31.8 Å². The van der Waals surface area contributed by atoms with Crippen LogP contribution in [0.25, 0.3) is 0 Å². The molecule has 1 aliphatic rings. The Kier molecular flexibility index (Phi) is 5.01. The van der Waals surface area contributed by atoms with E-state index < -0.39 is 11.6 Å². The van der Waals surface area contributed by atoms with Crippen LogP contribution in [0, 0.1) is 0 Å². The zero-order chi connectivity index (χ0) is 18.1. The van der Waals surface area contributed by atoms with Crippen LogP contribution in [0.4, 0.5) is 0 Å². The van der Waals surface area contributed by atoms with E-state index in [1.165, 1.54) is 0 Å². The maximum absolute atomic E-state index is 12.9. The highest BCUT2D eigenvalue weighted by Crippen LogP contribution is 2.50. The van der Waals surface area contributed by atoms with Crippen molar-refractivity contribution in [1.29, 1.82) is 0 Å². The van der Waals surface area contributed by atoms with Crippen molar-refractivity contribution in [3.8, 4) is 0 Å². The fourth-order valence-electron chi connectivity index (χ4n) is 2.37. The average Bonchev–Trinajstić information content (AvgIpc) is 2.55. The van der Waals surface area contributed by atoms with E-state index in [4.69, 9.17) is 92.8 Å². The maximum Gasteiger partial charge on any atom is 0.197 e. The van der Waals surface area contributed by atoms with Crippen molar-refractivity contribution >= 4 is 104 Å². The van der Waals surface area contributed by atoms with E-state index in [1.807, 2.05) is 0 Å². The molecule has 10 heteroatoms. The molecule has 3 rings (SSSR count). The number of fused-ring (bicyclic) bond motifs is 2. The third kappa shape index (κ3) is 2.39. The molecule has 0 saturated heterocycles. The van der Waals surface area contributed by atoms with Gasteiger partial charge in [0.25, 0.3) is 0 Å². The summed E-state index contributed by atoms with van der Waals surface area (Å²) in [5.74, 6) is -1.42. The van der Waals surface area contributed by atoms with Crippen LogP contribution in [0.3, 0.4) is 0 Å². The number of benzene rings is 2. The van der Waals surface area contributed by atoms with Crippen LogP contribution >= 0.6 is 92.8 Å². The van der Waals surface area contributed by atoms with E-state index >= 15 is 0 Å². The lowest BCUT2D eigenvalue weighted by Crippen LogP contribution is -2.23. The molecule has 0 bridgehead atoms. The van der Waals surface area contributed by atoms with Gasteiger partial charge in [-0.15, -0.1) is 0 Å². The number of rotatable bonds is 0. The summed E-state index contributed by atoms with van der Waals surface area (Å²) in [6, 6.07) is 0. The molecule has 2 aromatic carbocycles. The van der Waals surface area contributed by atoms with E-state index in [9.17, 15) is 9.59 Å². The first-order chi connectivity index (χ1) is 11.1. The van der Waals surface area contributed by atoms with Crippen LogP contribution in [-0.4, -0.2) is 11.6 Å². The van der Waals surface area contributed by atoms with E-state index in [1.54, 1.807) is 0 Å². The summed E-state index contributed by atoms with van der Waals surface area (Å²) in [7, 11) is 0. The fourth-order valence-corrected chi connectivity index (χ4v) is 4.41. The summed E-state index contributed by atoms with van der Waals surface area (Å²) >= 11 is 48.3. The molecule has 0 spiro atoms. The van der Waals surface area contributed by atoms with Gasteiger partial charge in [-0.05, 0) is 0 Å². The standard InChI is InChI=1S/C14Cl8O2/c15-5-1-2(6(16)10(20)9(5)19)14(24)4-3(13(1)23)7(17)11(21)12(22)8(4)18. The molecule has 0 unspecified atom stereocenters. The van der Waals surface area contributed by atoms with Crippen molar-refractivity contribution in [3.63, 3.8) is 0 Å². The first-order valence-corrected chi connectivity index (χ1v) is 8.94. The van der Waals surface area contributed by atoms with E-state index in [2.05, 4.69) is 0 Å². The Morgan fingerprint density at radius 2 is 0.500 bits per heavy atom. The van der Waals surface area contributed by atoms with Gasteiger partial charge < -0.3 is 0 Å². The quantitative estimate of drug-likeness (QED) is 0.243. The topological polar surface area (TPSA) is 34.1 Å². The highest BCUT2D eigenvalue weighted by molar-refractivity contribution is 6.59. The summed E-state index contributed by atoms with van der Waals surface area (Å²) in [6.07, 6.45) is 0. The Balaban J connectivity index is 2.53. The molecule has 0 radical (unpaired) electrons. The molecular formula is C14Cl8O2. The van der Waals surface area contributed by atoms with Gasteiger partial charge in [-0.3, -0.25) is 9.59 Å². The summed E-state index contributed by atoms with van der Waals surface area (Å²) in [5, 5.41) is -1.51. The number of hydrogen-bond acceptors (Lipinski definition) is 2. The van der Waals surface area contributed by atoms with Crippen LogP contribution in [0.2, 0.25) is 40.2 Å². The van der Waals surface area contributed by atoms with E-state index in [0.717, 1.165) is 0 Å². The third-order valence-electron chi connectivity index (χ3n) is 3.44. The first-order valence-electron chi connectivity index (χ1n) is 5.92. The molecule has 2 aromatic rings. The maximum atomic E-state index is 12.9. The number of halogens is 8. The minimum Gasteiger partial charge on any atom is -0.288 e. The summed E-state index contributed by atoms with van der Waals surface area (Å²) < 4.78 is 0. The summed E-state index contributed by atoms with van der Waals surface area (Å²) in [4.78, 5) is 25.8. The Bertz CT molecular complexity index is 827. The lowest BCUT2D eigenvalue weighted by atomic mass is 9.83. The molecule has 0 atom stereocenters.